The number of hydrogen-bond donors (Lipinski definition) is 4. The van der Waals surface area contributed by atoms with E-state index in [1.165, 1.54) is 5.56 Å². The molecule has 1 aliphatic heterocycles. The topological polar surface area (TPSA) is 108 Å². The van der Waals surface area contributed by atoms with Gasteiger partial charge in [-0.15, -0.1) is 0 Å². The standard InChI is InChI=1S/C23H25N3O4/c27-12-18-19(28)20(29)21(30-18)15-8-9-16-17(10-15)25-22(14-6-7-14)26-23(16)24-11-13-4-2-1-3-5-13/h1-5,8-10,14,18-21,27-29H,6-7,11-12H2,(H,24,25,26)/t18-,19-,20-,21+/m1/s1. The number of benzene rings is 2. The van der Waals surface area contributed by atoms with E-state index in [0.29, 0.717) is 12.5 Å². The lowest BCUT2D eigenvalue weighted by Gasteiger charge is -2.17. The van der Waals surface area contributed by atoms with Crippen molar-refractivity contribution in [3.63, 3.8) is 0 Å². The quantitative estimate of drug-likeness (QED) is 0.496. The van der Waals surface area contributed by atoms with Crippen LogP contribution in [0.4, 0.5) is 5.82 Å². The van der Waals surface area contributed by atoms with Crippen LogP contribution in [0, 0.1) is 0 Å². The zero-order chi connectivity index (χ0) is 20.7. The summed E-state index contributed by atoms with van der Waals surface area (Å²) in [5.41, 5.74) is 2.66. The van der Waals surface area contributed by atoms with Gasteiger partial charge in [0.2, 0.25) is 0 Å². The Hall–Kier alpha value is -2.58. The van der Waals surface area contributed by atoms with Gasteiger partial charge in [0.1, 0.15) is 36.1 Å². The summed E-state index contributed by atoms with van der Waals surface area (Å²) in [6.07, 6.45) is -1.53. The van der Waals surface area contributed by atoms with Crippen LogP contribution in [0.25, 0.3) is 10.9 Å². The normalized spacial score (nSPS) is 26.2. The Balaban J connectivity index is 1.49. The fourth-order valence-electron chi connectivity index (χ4n) is 3.96. The maximum Gasteiger partial charge on any atom is 0.137 e. The first-order valence-electron chi connectivity index (χ1n) is 10.4. The number of hydrogen-bond acceptors (Lipinski definition) is 7. The molecule has 1 aliphatic carbocycles. The number of ether oxygens (including phenoxy) is 1. The Bertz CT molecular complexity index is 1040. The number of aromatic nitrogens is 2. The van der Waals surface area contributed by atoms with Crippen molar-refractivity contribution in [1.29, 1.82) is 0 Å². The van der Waals surface area contributed by atoms with Crippen LogP contribution >= 0.6 is 0 Å². The van der Waals surface area contributed by atoms with Crippen molar-refractivity contribution in [1.82, 2.24) is 9.97 Å². The second-order valence-electron chi connectivity index (χ2n) is 8.08. The highest BCUT2D eigenvalue weighted by atomic mass is 16.6. The summed E-state index contributed by atoms with van der Waals surface area (Å²) >= 11 is 0. The van der Waals surface area contributed by atoms with E-state index in [1.807, 2.05) is 36.4 Å². The summed E-state index contributed by atoms with van der Waals surface area (Å²) in [7, 11) is 0. The van der Waals surface area contributed by atoms with E-state index >= 15 is 0 Å². The molecule has 2 heterocycles. The van der Waals surface area contributed by atoms with Crippen LogP contribution in [0.1, 0.15) is 41.8 Å². The van der Waals surface area contributed by atoms with Crippen molar-refractivity contribution >= 4 is 16.7 Å². The smallest absolute Gasteiger partial charge is 0.137 e. The third kappa shape index (κ3) is 3.65. The molecule has 0 bridgehead atoms. The molecule has 7 nitrogen and oxygen atoms in total. The molecule has 7 heteroatoms. The van der Waals surface area contributed by atoms with Gasteiger partial charge in [-0.25, -0.2) is 9.97 Å². The molecule has 5 rings (SSSR count). The number of fused-ring (bicyclic) bond motifs is 1. The van der Waals surface area contributed by atoms with Crippen molar-refractivity contribution in [2.45, 2.75) is 49.7 Å². The highest BCUT2D eigenvalue weighted by molar-refractivity contribution is 5.89. The molecule has 156 valence electrons. The SMILES string of the molecule is OC[C@H]1O[C@@H](c2ccc3c(NCc4ccccc4)nc(C4CC4)nc3c2)[C@H](O)[C@@H]1O. The van der Waals surface area contributed by atoms with E-state index in [9.17, 15) is 15.3 Å². The van der Waals surface area contributed by atoms with Crippen LogP contribution < -0.4 is 5.32 Å². The van der Waals surface area contributed by atoms with Gasteiger partial charge >= 0.3 is 0 Å². The van der Waals surface area contributed by atoms with Crippen LogP contribution in [-0.2, 0) is 11.3 Å². The van der Waals surface area contributed by atoms with Crippen LogP contribution in [0.2, 0.25) is 0 Å². The van der Waals surface area contributed by atoms with Gasteiger partial charge in [0.15, 0.2) is 0 Å². The predicted molar refractivity (Wildman–Crippen MR) is 112 cm³/mol. The molecule has 2 aliphatic rings. The van der Waals surface area contributed by atoms with Crippen LogP contribution in [-0.4, -0.2) is 50.2 Å². The predicted octanol–water partition coefficient (Wildman–Crippen LogP) is 2.27. The minimum Gasteiger partial charge on any atom is -0.394 e. The molecule has 0 radical (unpaired) electrons. The minimum atomic E-state index is -1.12. The number of rotatable bonds is 6. The first-order valence-corrected chi connectivity index (χ1v) is 10.4. The second kappa shape index (κ2) is 7.92. The summed E-state index contributed by atoms with van der Waals surface area (Å²) in [4.78, 5) is 9.55. The molecule has 2 aromatic carbocycles. The first kappa shape index (κ1) is 19.4. The summed E-state index contributed by atoms with van der Waals surface area (Å²) in [5.74, 6) is 2.01. The molecule has 1 saturated heterocycles. The largest absolute Gasteiger partial charge is 0.394 e. The van der Waals surface area contributed by atoms with E-state index in [4.69, 9.17) is 14.7 Å². The van der Waals surface area contributed by atoms with Gasteiger partial charge in [0.05, 0.1) is 12.1 Å². The monoisotopic (exact) mass is 407 g/mol. The van der Waals surface area contributed by atoms with Crippen LogP contribution in [0.3, 0.4) is 0 Å². The van der Waals surface area contributed by atoms with Crippen molar-refractivity contribution in [3.8, 4) is 0 Å². The highest BCUT2D eigenvalue weighted by Crippen LogP contribution is 2.40. The van der Waals surface area contributed by atoms with Gasteiger partial charge in [0.25, 0.3) is 0 Å². The first-order chi connectivity index (χ1) is 14.6. The van der Waals surface area contributed by atoms with Crippen molar-refractivity contribution in [2.75, 3.05) is 11.9 Å². The van der Waals surface area contributed by atoms with E-state index in [1.54, 1.807) is 0 Å². The van der Waals surface area contributed by atoms with Gasteiger partial charge in [-0.2, -0.15) is 0 Å². The van der Waals surface area contributed by atoms with E-state index < -0.39 is 24.4 Å². The second-order valence-corrected chi connectivity index (χ2v) is 8.08. The van der Waals surface area contributed by atoms with Crippen molar-refractivity contribution < 1.29 is 20.1 Å². The van der Waals surface area contributed by atoms with Gasteiger partial charge in [-0.05, 0) is 36.1 Å². The molecule has 3 aromatic rings. The maximum atomic E-state index is 10.4. The number of anilines is 1. The minimum absolute atomic E-state index is 0.343. The van der Waals surface area contributed by atoms with Gasteiger partial charge < -0.3 is 25.4 Å². The number of nitrogens with zero attached hydrogens (tertiary/aromatic N) is 2. The highest BCUT2D eigenvalue weighted by Gasteiger charge is 2.43. The van der Waals surface area contributed by atoms with Crippen LogP contribution in [0.5, 0.6) is 0 Å². The van der Waals surface area contributed by atoms with E-state index in [-0.39, 0.29) is 6.61 Å². The Morgan fingerprint density at radius 1 is 1.00 bits per heavy atom. The lowest BCUT2D eigenvalue weighted by atomic mass is 10.0. The van der Waals surface area contributed by atoms with Crippen molar-refractivity contribution in [3.05, 3.63) is 65.5 Å². The van der Waals surface area contributed by atoms with Crippen LogP contribution in [0.15, 0.2) is 48.5 Å². The molecule has 2 fully saturated rings. The number of nitrogens with one attached hydrogen (secondary N) is 1. The third-order valence-electron chi connectivity index (χ3n) is 5.85. The fourth-order valence-corrected chi connectivity index (χ4v) is 3.96. The molecule has 4 N–H and O–H groups in total. The fraction of sp³-hybridized carbons (Fsp3) is 0.391. The molecule has 1 aromatic heterocycles. The third-order valence-corrected chi connectivity index (χ3v) is 5.85. The number of aliphatic hydroxyl groups excluding tert-OH is 3. The summed E-state index contributed by atoms with van der Waals surface area (Å²) < 4.78 is 5.69. The molecule has 0 spiro atoms. The Labute approximate surface area is 174 Å². The van der Waals surface area contributed by atoms with Gasteiger partial charge in [-0.1, -0.05) is 36.4 Å². The summed E-state index contributed by atoms with van der Waals surface area (Å²) in [6.45, 7) is 0.317. The summed E-state index contributed by atoms with van der Waals surface area (Å²) in [6, 6.07) is 15.8. The molecular weight excluding hydrogens is 382 g/mol. The van der Waals surface area contributed by atoms with E-state index in [0.717, 1.165) is 41.0 Å². The summed E-state index contributed by atoms with van der Waals surface area (Å²) in [5, 5.41) is 34.1. The molecule has 0 amide bonds. The molecule has 30 heavy (non-hydrogen) atoms. The Morgan fingerprint density at radius 3 is 2.50 bits per heavy atom. The maximum absolute atomic E-state index is 10.4. The van der Waals surface area contributed by atoms with Gasteiger partial charge in [-0.3, -0.25) is 0 Å². The van der Waals surface area contributed by atoms with Crippen molar-refractivity contribution in [2.24, 2.45) is 0 Å². The van der Waals surface area contributed by atoms with E-state index in [2.05, 4.69) is 17.4 Å². The average Bonchev–Trinajstić information content (AvgIpc) is 3.59. The lowest BCUT2D eigenvalue weighted by molar-refractivity contribution is -0.0227. The molecular formula is C23H25N3O4. The zero-order valence-corrected chi connectivity index (χ0v) is 16.5. The lowest BCUT2D eigenvalue weighted by Crippen LogP contribution is -2.32. The zero-order valence-electron chi connectivity index (χ0n) is 16.5. The van der Waals surface area contributed by atoms with Gasteiger partial charge in [0, 0.05) is 17.8 Å². The molecule has 1 saturated carbocycles. The Morgan fingerprint density at radius 2 is 1.80 bits per heavy atom. The molecule has 4 atom stereocenters. The molecule has 0 unspecified atom stereocenters. The Kier molecular flexibility index (Phi) is 5.12. The average molecular weight is 407 g/mol. The number of aliphatic hydroxyl groups is 3.